The van der Waals surface area contributed by atoms with Crippen LogP contribution in [0, 0.1) is 0 Å². The lowest BCUT2D eigenvalue weighted by molar-refractivity contribution is 0.594. The van der Waals surface area contributed by atoms with E-state index in [9.17, 15) is 8.42 Å². The number of hydrogen-bond acceptors (Lipinski definition) is 4. The first kappa shape index (κ1) is 14.7. The molecule has 2 aromatic rings. The Labute approximate surface area is 119 Å². The van der Waals surface area contributed by atoms with Gasteiger partial charge >= 0.3 is 0 Å². The maximum atomic E-state index is 11.0. The van der Waals surface area contributed by atoms with Gasteiger partial charge in [0.25, 0.3) is 0 Å². The maximum absolute atomic E-state index is 11.0. The van der Waals surface area contributed by atoms with Gasteiger partial charge in [0, 0.05) is 18.4 Å². The second-order valence-electron chi connectivity index (χ2n) is 4.80. The zero-order chi connectivity index (χ0) is 14.4. The minimum atomic E-state index is -2.87. The van der Waals surface area contributed by atoms with Gasteiger partial charge in [0.05, 0.1) is 17.6 Å². The average molecular weight is 293 g/mol. The summed E-state index contributed by atoms with van der Waals surface area (Å²) >= 11 is 0. The number of H-pyrrole nitrogens is 1. The molecule has 1 aromatic heterocycles. The highest BCUT2D eigenvalue weighted by Crippen LogP contribution is 2.20. The summed E-state index contributed by atoms with van der Waals surface area (Å²) in [5, 5.41) is 10.3. The van der Waals surface area contributed by atoms with Gasteiger partial charge in [0.2, 0.25) is 0 Å². The number of benzene rings is 1. The monoisotopic (exact) mass is 293 g/mol. The SMILES string of the molecule is CS(=O)(=O)CCCNCc1cn[nH]c1-c1ccccc1. The van der Waals surface area contributed by atoms with Crippen LogP contribution in [0.25, 0.3) is 11.3 Å². The molecule has 2 N–H and O–H groups in total. The molecule has 0 saturated heterocycles. The van der Waals surface area contributed by atoms with Gasteiger partial charge in [-0.05, 0) is 18.5 Å². The molecule has 0 unspecified atom stereocenters. The van der Waals surface area contributed by atoms with Gasteiger partial charge in [-0.25, -0.2) is 8.42 Å². The Hall–Kier alpha value is -1.66. The number of hydrogen-bond donors (Lipinski definition) is 2. The Balaban J connectivity index is 1.87. The van der Waals surface area contributed by atoms with Crippen molar-refractivity contribution >= 4 is 9.84 Å². The number of nitrogens with zero attached hydrogens (tertiary/aromatic N) is 1. The van der Waals surface area contributed by atoms with E-state index in [1.165, 1.54) is 6.26 Å². The summed E-state index contributed by atoms with van der Waals surface area (Å²) in [6.45, 7) is 1.34. The summed E-state index contributed by atoms with van der Waals surface area (Å²) in [4.78, 5) is 0. The zero-order valence-electron chi connectivity index (χ0n) is 11.5. The van der Waals surface area contributed by atoms with Crippen molar-refractivity contribution in [1.82, 2.24) is 15.5 Å². The van der Waals surface area contributed by atoms with E-state index < -0.39 is 9.84 Å². The number of rotatable bonds is 7. The van der Waals surface area contributed by atoms with Gasteiger partial charge in [-0.2, -0.15) is 5.10 Å². The van der Waals surface area contributed by atoms with E-state index in [0.29, 0.717) is 19.5 Å². The molecule has 1 heterocycles. The maximum Gasteiger partial charge on any atom is 0.147 e. The van der Waals surface area contributed by atoms with Crippen molar-refractivity contribution in [2.75, 3.05) is 18.6 Å². The molecule has 0 saturated carbocycles. The van der Waals surface area contributed by atoms with Crippen LogP contribution in [0.2, 0.25) is 0 Å². The number of nitrogens with one attached hydrogen (secondary N) is 2. The molecule has 0 fully saturated rings. The highest BCUT2D eigenvalue weighted by Gasteiger charge is 2.07. The molecule has 0 atom stereocenters. The summed E-state index contributed by atoms with van der Waals surface area (Å²) in [5.41, 5.74) is 3.18. The van der Waals surface area contributed by atoms with Crippen molar-refractivity contribution in [3.8, 4) is 11.3 Å². The molecular formula is C14H19N3O2S. The third-order valence-electron chi connectivity index (χ3n) is 2.96. The van der Waals surface area contributed by atoms with E-state index >= 15 is 0 Å². The number of aromatic nitrogens is 2. The van der Waals surface area contributed by atoms with Crippen molar-refractivity contribution in [2.45, 2.75) is 13.0 Å². The smallest absolute Gasteiger partial charge is 0.147 e. The molecule has 20 heavy (non-hydrogen) atoms. The van der Waals surface area contributed by atoms with E-state index in [1.807, 2.05) is 30.3 Å². The Kier molecular flexibility index (Phi) is 4.92. The second kappa shape index (κ2) is 6.67. The highest BCUT2D eigenvalue weighted by atomic mass is 32.2. The third-order valence-corrected chi connectivity index (χ3v) is 3.99. The summed E-state index contributed by atoms with van der Waals surface area (Å²) in [5.74, 6) is 0.219. The second-order valence-corrected chi connectivity index (χ2v) is 7.06. The molecule has 0 spiro atoms. The van der Waals surface area contributed by atoms with E-state index in [4.69, 9.17) is 0 Å². The number of aromatic amines is 1. The van der Waals surface area contributed by atoms with Gasteiger partial charge in [-0.1, -0.05) is 30.3 Å². The van der Waals surface area contributed by atoms with E-state index in [-0.39, 0.29) is 5.75 Å². The molecule has 0 bridgehead atoms. The standard InChI is InChI=1S/C14H19N3O2S/c1-20(18,19)9-5-8-15-10-13-11-16-17-14(13)12-6-3-2-4-7-12/h2-4,6-7,11,15H,5,8-10H2,1H3,(H,16,17). The summed E-state index contributed by atoms with van der Waals surface area (Å²) in [6, 6.07) is 10.0. The number of sulfone groups is 1. The van der Waals surface area contributed by atoms with Crippen molar-refractivity contribution in [1.29, 1.82) is 0 Å². The van der Waals surface area contributed by atoms with Gasteiger partial charge in [0.15, 0.2) is 0 Å². The molecule has 108 valence electrons. The highest BCUT2D eigenvalue weighted by molar-refractivity contribution is 7.90. The fourth-order valence-electron chi connectivity index (χ4n) is 1.98. The molecular weight excluding hydrogens is 274 g/mol. The first-order valence-corrected chi connectivity index (χ1v) is 8.58. The first-order chi connectivity index (χ1) is 9.56. The summed E-state index contributed by atoms with van der Waals surface area (Å²) in [6.07, 6.45) is 3.68. The summed E-state index contributed by atoms with van der Waals surface area (Å²) in [7, 11) is -2.87. The predicted octanol–water partition coefficient (Wildman–Crippen LogP) is 1.60. The van der Waals surface area contributed by atoms with Crippen molar-refractivity contribution in [3.63, 3.8) is 0 Å². The minimum absolute atomic E-state index is 0.219. The Bertz CT molecular complexity index is 635. The van der Waals surface area contributed by atoms with Gasteiger partial charge in [0.1, 0.15) is 9.84 Å². The van der Waals surface area contributed by atoms with Gasteiger partial charge < -0.3 is 5.32 Å². The Morgan fingerprint density at radius 1 is 1.25 bits per heavy atom. The lowest BCUT2D eigenvalue weighted by atomic mass is 10.1. The van der Waals surface area contributed by atoms with Gasteiger partial charge in [-0.15, -0.1) is 0 Å². The normalized spacial score (nSPS) is 11.7. The van der Waals surface area contributed by atoms with Crippen molar-refractivity contribution in [3.05, 3.63) is 42.1 Å². The largest absolute Gasteiger partial charge is 0.313 e. The molecule has 0 aliphatic rings. The zero-order valence-corrected chi connectivity index (χ0v) is 12.3. The molecule has 5 nitrogen and oxygen atoms in total. The topological polar surface area (TPSA) is 74.8 Å². The third kappa shape index (κ3) is 4.47. The van der Waals surface area contributed by atoms with Crippen LogP contribution in [0.15, 0.2) is 36.5 Å². The van der Waals surface area contributed by atoms with Gasteiger partial charge in [-0.3, -0.25) is 5.10 Å². The molecule has 0 aliphatic carbocycles. The van der Waals surface area contributed by atoms with Crippen LogP contribution in [0.4, 0.5) is 0 Å². The average Bonchev–Trinajstić information content (AvgIpc) is 2.86. The van der Waals surface area contributed by atoms with Crippen molar-refractivity contribution in [2.24, 2.45) is 0 Å². The van der Waals surface area contributed by atoms with Crippen LogP contribution in [0.3, 0.4) is 0 Å². The van der Waals surface area contributed by atoms with E-state index in [0.717, 1.165) is 16.8 Å². The fourth-order valence-corrected chi connectivity index (χ4v) is 2.65. The minimum Gasteiger partial charge on any atom is -0.313 e. The Morgan fingerprint density at radius 2 is 2.00 bits per heavy atom. The molecule has 0 amide bonds. The first-order valence-electron chi connectivity index (χ1n) is 6.52. The van der Waals surface area contributed by atoms with Crippen LogP contribution < -0.4 is 5.32 Å². The molecule has 2 rings (SSSR count). The Morgan fingerprint density at radius 3 is 2.70 bits per heavy atom. The molecule has 1 aromatic carbocycles. The van der Waals surface area contributed by atoms with E-state index in [1.54, 1.807) is 6.20 Å². The fraction of sp³-hybridized carbons (Fsp3) is 0.357. The van der Waals surface area contributed by atoms with Crippen molar-refractivity contribution < 1.29 is 8.42 Å². The summed E-state index contributed by atoms with van der Waals surface area (Å²) < 4.78 is 22.0. The van der Waals surface area contributed by atoms with Crippen LogP contribution in [-0.4, -0.2) is 37.2 Å². The van der Waals surface area contributed by atoms with E-state index in [2.05, 4.69) is 15.5 Å². The lowest BCUT2D eigenvalue weighted by Crippen LogP contribution is -2.17. The molecule has 0 radical (unpaired) electrons. The predicted molar refractivity (Wildman–Crippen MR) is 80.1 cm³/mol. The molecule has 6 heteroatoms. The van der Waals surface area contributed by atoms with Crippen LogP contribution in [0.5, 0.6) is 0 Å². The molecule has 0 aliphatic heterocycles. The lowest BCUT2D eigenvalue weighted by Gasteiger charge is -2.05. The van der Waals surface area contributed by atoms with Crippen LogP contribution in [0.1, 0.15) is 12.0 Å². The van der Waals surface area contributed by atoms with Crippen LogP contribution >= 0.6 is 0 Å². The van der Waals surface area contributed by atoms with Crippen LogP contribution in [-0.2, 0) is 16.4 Å². The quantitative estimate of drug-likeness (QED) is 0.760.